The van der Waals surface area contributed by atoms with Gasteiger partial charge in [-0.05, 0) is 57.1 Å². The maximum absolute atomic E-state index is 13.4. The number of anilines is 2. The van der Waals surface area contributed by atoms with Crippen molar-refractivity contribution in [2.24, 2.45) is 17.8 Å². The Hall–Kier alpha value is -2.65. The number of sulfonamides is 1. The van der Waals surface area contributed by atoms with Gasteiger partial charge in [0.1, 0.15) is 11.6 Å². The lowest BCUT2D eigenvalue weighted by atomic mass is 10.1. The van der Waals surface area contributed by atoms with Crippen molar-refractivity contribution in [3.8, 4) is 11.8 Å². The standard InChI is InChI=1S/C28H43N5O5S/c1-6-12-38-18-24(25(34)17-29-11-7-8-21-9-10-21)31-28(35)22-14-26(30-16-23-13-20(23)4)32-27(15-22)33(5)39(36,37)19(2)3/h6,14-15,19-21,23-25,29,34H,1,9-13,16-18H2,2-5H3,(H,30,32)(H,31,35). The van der Waals surface area contributed by atoms with Crippen LogP contribution in [-0.2, 0) is 14.8 Å². The van der Waals surface area contributed by atoms with Crippen LogP contribution in [0.15, 0.2) is 24.8 Å². The molecule has 0 bridgehead atoms. The molecule has 1 amide bonds. The summed E-state index contributed by atoms with van der Waals surface area (Å²) >= 11 is 0. The van der Waals surface area contributed by atoms with Crippen LogP contribution in [0.4, 0.5) is 11.6 Å². The van der Waals surface area contributed by atoms with Crippen molar-refractivity contribution in [3.63, 3.8) is 0 Å². The largest absolute Gasteiger partial charge is 0.390 e. The molecule has 0 radical (unpaired) electrons. The molecule has 216 valence electrons. The van der Waals surface area contributed by atoms with Crippen molar-refractivity contribution in [1.29, 1.82) is 0 Å². The van der Waals surface area contributed by atoms with Crippen molar-refractivity contribution in [2.75, 3.05) is 49.5 Å². The van der Waals surface area contributed by atoms with E-state index >= 15 is 0 Å². The van der Waals surface area contributed by atoms with Gasteiger partial charge in [0.15, 0.2) is 0 Å². The van der Waals surface area contributed by atoms with Gasteiger partial charge in [0.05, 0.1) is 37.2 Å². The maximum Gasteiger partial charge on any atom is 0.251 e. The first kappa shape index (κ1) is 30.9. The van der Waals surface area contributed by atoms with Crippen molar-refractivity contribution in [2.45, 2.75) is 57.4 Å². The first-order chi connectivity index (χ1) is 18.5. The monoisotopic (exact) mass is 561 g/mol. The summed E-state index contributed by atoms with van der Waals surface area (Å²) in [6.07, 6.45) is 4.07. The number of rotatable bonds is 16. The second kappa shape index (κ2) is 14.1. The van der Waals surface area contributed by atoms with Crippen LogP contribution in [-0.4, -0.2) is 81.7 Å². The Bertz CT molecular complexity index is 1160. The molecule has 3 rings (SSSR count). The third-order valence-electron chi connectivity index (χ3n) is 6.96. The Morgan fingerprint density at radius 1 is 1.36 bits per heavy atom. The Balaban J connectivity index is 1.76. The van der Waals surface area contributed by atoms with Crippen molar-refractivity contribution >= 4 is 27.6 Å². The van der Waals surface area contributed by atoms with E-state index in [2.05, 4.69) is 46.3 Å². The Morgan fingerprint density at radius 2 is 2.08 bits per heavy atom. The number of pyridine rings is 1. The van der Waals surface area contributed by atoms with Crippen LogP contribution in [0.5, 0.6) is 0 Å². The van der Waals surface area contributed by atoms with Crippen LogP contribution in [0.2, 0.25) is 0 Å². The molecule has 2 aliphatic rings. The topological polar surface area (TPSA) is 133 Å². The number of aromatic nitrogens is 1. The fourth-order valence-electron chi connectivity index (χ4n) is 3.89. The molecule has 0 aromatic carbocycles. The smallest absolute Gasteiger partial charge is 0.251 e. The number of aliphatic hydroxyl groups excluding tert-OH is 1. The summed E-state index contributed by atoms with van der Waals surface area (Å²) in [6, 6.07) is 2.32. The summed E-state index contributed by atoms with van der Waals surface area (Å²) < 4.78 is 32.3. The van der Waals surface area contributed by atoms with E-state index in [1.807, 2.05) is 0 Å². The third kappa shape index (κ3) is 9.49. The molecule has 39 heavy (non-hydrogen) atoms. The molecule has 0 spiro atoms. The summed E-state index contributed by atoms with van der Waals surface area (Å²) in [6.45, 7) is 10.7. The number of ether oxygens (including phenoxy) is 1. The Kier molecular flexibility index (Phi) is 11.2. The zero-order chi connectivity index (χ0) is 28.6. The van der Waals surface area contributed by atoms with E-state index in [1.165, 1.54) is 13.1 Å². The van der Waals surface area contributed by atoms with Crippen molar-refractivity contribution in [3.05, 3.63) is 30.4 Å². The highest BCUT2D eigenvalue weighted by molar-refractivity contribution is 7.93. The summed E-state index contributed by atoms with van der Waals surface area (Å²) in [5.41, 5.74) is 0.223. The molecule has 2 saturated carbocycles. The van der Waals surface area contributed by atoms with E-state index in [0.717, 1.165) is 23.6 Å². The minimum Gasteiger partial charge on any atom is -0.390 e. The lowest BCUT2D eigenvalue weighted by Crippen LogP contribution is -2.50. The number of carbonyl (C=O) groups is 1. The predicted molar refractivity (Wildman–Crippen MR) is 154 cm³/mol. The molecule has 1 aromatic rings. The zero-order valence-corrected chi connectivity index (χ0v) is 24.3. The number of nitrogens with one attached hydrogen (secondary N) is 3. The summed E-state index contributed by atoms with van der Waals surface area (Å²) in [4.78, 5) is 17.9. The van der Waals surface area contributed by atoms with Gasteiger partial charge in [0.25, 0.3) is 5.91 Å². The number of amides is 1. The van der Waals surface area contributed by atoms with E-state index in [9.17, 15) is 18.3 Å². The molecule has 1 heterocycles. The molecule has 4 unspecified atom stereocenters. The average molecular weight is 562 g/mol. The summed E-state index contributed by atoms with van der Waals surface area (Å²) in [5, 5.41) is 19.4. The third-order valence-corrected chi connectivity index (χ3v) is 9.10. The van der Waals surface area contributed by atoms with Crippen LogP contribution in [0.25, 0.3) is 0 Å². The Labute approximate surface area is 233 Å². The summed E-state index contributed by atoms with van der Waals surface area (Å²) in [5.74, 6) is 7.94. The summed E-state index contributed by atoms with van der Waals surface area (Å²) in [7, 11) is -2.23. The van der Waals surface area contributed by atoms with Gasteiger partial charge in [0.2, 0.25) is 10.0 Å². The first-order valence-electron chi connectivity index (χ1n) is 13.6. The van der Waals surface area contributed by atoms with Gasteiger partial charge >= 0.3 is 0 Å². The van der Waals surface area contributed by atoms with E-state index in [4.69, 9.17) is 4.74 Å². The molecular weight excluding hydrogens is 518 g/mol. The average Bonchev–Trinajstić information content (AvgIpc) is 3.84. The number of aliphatic hydroxyl groups is 1. The number of hydrogen-bond donors (Lipinski definition) is 4. The van der Waals surface area contributed by atoms with Crippen LogP contribution in [0, 0.1) is 29.6 Å². The fraction of sp³-hybridized carbons (Fsp3) is 0.643. The Morgan fingerprint density at radius 3 is 2.69 bits per heavy atom. The van der Waals surface area contributed by atoms with Crippen LogP contribution in [0.1, 0.15) is 50.4 Å². The highest BCUT2D eigenvalue weighted by Crippen LogP contribution is 2.37. The molecule has 0 saturated heterocycles. The minimum atomic E-state index is -3.66. The van der Waals surface area contributed by atoms with E-state index in [1.54, 1.807) is 26.0 Å². The molecule has 10 nitrogen and oxygen atoms in total. The lowest BCUT2D eigenvalue weighted by molar-refractivity contribution is 0.0522. The molecule has 0 aliphatic heterocycles. The second-order valence-electron chi connectivity index (χ2n) is 10.7. The van der Waals surface area contributed by atoms with Gasteiger partial charge in [-0.3, -0.25) is 9.10 Å². The molecule has 4 N–H and O–H groups in total. The van der Waals surface area contributed by atoms with Crippen LogP contribution < -0.4 is 20.3 Å². The zero-order valence-electron chi connectivity index (χ0n) is 23.4. The molecule has 2 fully saturated rings. The predicted octanol–water partition coefficient (Wildman–Crippen LogP) is 1.99. The molecular formula is C28H43N5O5S. The van der Waals surface area contributed by atoms with Gasteiger partial charge in [-0.1, -0.05) is 24.8 Å². The van der Waals surface area contributed by atoms with Gasteiger partial charge < -0.3 is 25.8 Å². The quantitative estimate of drug-likeness (QED) is 0.137. The van der Waals surface area contributed by atoms with Crippen molar-refractivity contribution < 1.29 is 23.1 Å². The number of carbonyl (C=O) groups excluding carboxylic acids is 1. The maximum atomic E-state index is 13.4. The first-order valence-corrected chi connectivity index (χ1v) is 15.1. The van der Waals surface area contributed by atoms with Crippen molar-refractivity contribution in [1.82, 2.24) is 15.6 Å². The SMILES string of the molecule is C=CCOCC(NC(=O)c1cc(NCC2CC2C)nc(N(C)S(=O)(=O)C(C)C)c1)C(O)CNCC#CC1CC1. The van der Waals surface area contributed by atoms with Crippen LogP contribution in [0.3, 0.4) is 0 Å². The fourth-order valence-corrected chi connectivity index (χ4v) is 4.88. The normalized spacial score (nSPS) is 19.9. The highest BCUT2D eigenvalue weighted by Gasteiger charge is 2.32. The lowest BCUT2D eigenvalue weighted by Gasteiger charge is -2.25. The van der Waals surface area contributed by atoms with Gasteiger partial charge in [-0.2, -0.15) is 0 Å². The molecule has 1 aromatic heterocycles. The van der Waals surface area contributed by atoms with Gasteiger partial charge in [-0.15, -0.1) is 6.58 Å². The second-order valence-corrected chi connectivity index (χ2v) is 13.2. The van der Waals surface area contributed by atoms with E-state index in [-0.39, 0.29) is 31.1 Å². The minimum absolute atomic E-state index is 0.0681. The van der Waals surface area contributed by atoms with Gasteiger partial charge in [0, 0.05) is 31.6 Å². The van der Waals surface area contributed by atoms with E-state index in [0.29, 0.717) is 36.7 Å². The van der Waals surface area contributed by atoms with E-state index < -0.39 is 33.3 Å². The van der Waals surface area contributed by atoms with Crippen LogP contribution >= 0.6 is 0 Å². The number of hydrogen-bond acceptors (Lipinski definition) is 8. The molecule has 11 heteroatoms. The van der Waals surface area contributed by atoms with Gasteiger partial charge in [-0.25, -0.2) is 13.4 Å². The number of nitrogens with zero attached hydrogens (tertiary/aromatic N) is 2. The molecule has 4 atom stereocenters. The highest BCUT2D eigenvalue weighted by atomic mass is 32.2. The molecule has 2 aliphatic carbocycles.